The zero-order valence-corrected chi connectivity index (χ0v) is 14.5. The van der Waals surface area contributed by atoms with Crippen molar-refractivity contribution in [1.29, 1.82) is 0 Å². The molecule has 0 atom stereocenters. The predicted octanol–water partition coefficient (Wildman–Crippen LogP) is 3.22. The number of hydrogen-bond donors (Lipinski definition) is 0. The highest BCUT2D eigenvalue weighted by atomic mass is 16.6. The van der Waals surface area contributed by atoms with Gasteiger partial charge in [0.05, 0.1) is 0 Å². The number of carbonyl (C=O) groups is 2. The number of ether oxygens (including phenoxy) is 1. The molecule has 0 aromatic heterocycles. The summed E-state index contributed by atoms with van der Waals surface area (Å²) in [5.41, 5.74) is 1.61. The van der Waals surface area contributed by atoms with Gasteiger partial charge in [0.15, 0.2) is 0 Å². The van der Waals surface area contributed by atoms with Gasteiger partial charge in [-0.25, -0.2) is 4.79 Å². The molecule has 0 saturated carbocycles. The van der Waals surface area contributed by atoms with E-state index in [1.807, 2.05) is 32.9 Å². The summed E-state index contributed by atoms with van der Waals surface area (Å²) in [5.74, 6) is -0.0784. The van der Waals surface area contributed by atoms with Gasteiger partial charge in [-0.15, -0.1) is 0 Å². The molecule has 0 unspecified atom stereocenters. The lowest BCUT2D eigenvalue weighted by Crippen LogP contribution is -2.53. The topological polar surface area (TPSA) is 49.9 Å². The maximum Gasteiger partial charge on any atom is 0.410 e. The summed E-state index contributed by atoms with van der Waals surface area (Å²) in [6.07, 6.45) is 1.72. The molecule has 0 bridgehead atoms. The van der Waals surface area contributed by atoms with Crippen LogP contribution in [-0.4, -0.2) is 42.1 Å². The summed E-state index contributed by atoms with van der Waals surface area (Å²) < 4.78 is 5.33. The second-order valence-corrected chi connectivity index (χ2v) is 6.86. The van der Waals surface area contributed by atoms with Gasteiger partial charge in [-0.3, -0.25) is 9.69 Å². The molecule has 0 spiro atoms. The number of benzene rings is 1. The van der Waals surface area contributed by atoms with Crippen LogP contribution in [0.4, 0.5) is 10.5 Å². The number of hydrogen-bond acceptors (Lipinski definition) is 3. The number of amides is 2. The van der Waals surface area contributed by atoms with Crippen molar-refractivity contribution in [3.8, 4) is 0 Å². The van der Waals surface area contributed by atoms with Gasteiger partial charge in [0.2, 0.25) is 5.91 Å². The molecule has 1 aromatic carbocycles. The largest absolute Gasteiger partial charge is 0.444 e. The van der Waals surface area contributed by atoms with Gasteiger partial charge in [-0.2, -0.15) is 0 Å². The molecule has 126 valence electrons. The molecular weight excluding hydrogens is 292 g/mol. The monoisotopic (exact) mass is 318 g/mol. The van der Waals surface area contributed by atoms with Gasteiger partial charge in [-0.1, -0.05) is 25.5 Å². The quantitative estimate of drug-likeness (QED) is 0.860. The smallest absolute Gasteiger partial charge is 0.410 e. The summed E-state index contributed by atoms with van der Waals surface area (Å²) in [5, 5.41) is 0. The van der Waals surface area contributed by atoms with E-state index in [9.17, 15) is 9.59 Å². The Labute approximate surface area is 138 Å². The molecule has 5 nitrogen and oxygen atoms in total. The zero-order chi connectivity index (χ0) is 17.0. The Bertz CT molecular complexity index is 561. The van der Waals surface area contributed by atoms with Crippen molar-refractivity contribution < 1.29 is 14.3 Å². The van der Waals surface area contributed by atoms with Gasteiger partial charge in [-0.05, 0) is 44.9 Å². The predicted molar refractivity (Wildman–Crippen MR) is 90.6 cm³/mol. The number of piperazine rings is 1. The first-order chi connectivity index (χ1) is 10.8. The molecule has 0 N–H and O–H groups in total. The van der Waals surface area contributed by atoms with Gasteiger partial charge < -0.3 is 9.64 Å². The Morgan fingerprint density at radius 1 is 1.17 bits per heavy atom. The Morgan fingerprint density at radius 3 is 2.35 bits per heavy atom. The number of anilines is 1. The van der Waals surface area contributed by atoms with Crippen LogP contribution in [0.1, 0.15) is 39.7 Å². The third-order valence-electron chi connectivity index (χ3n) is 3.66. The van der Waals surface area contributed by atoms with Crippen LogP contribution in [0.5, 0.6) is 0 Å². The maximum absolute atomic E-state index is 12.4. The highest BCUT2D eigenvalue weighted by Crippen LogP contribution is 2.20. The normalized spacial score (nSPS) is 15.7. The van der Waals surface area contributed by atoms with E-state index in [0.717, 1.165) is 18.5 Å². The van der Waals surface area contributed by atoms with E-state index < -0.39 is 11.7 Å². The first-order valence-electron chi connectivity index (χ1n) is 8.17. The summed E-state index contributed by atoms with van der Waals surface area (Å²) in [6.45, 7) is 8.64. The SMILES string of the molecule is CCCc1ccc(N2CCN(C(=O)OC(C)(C)C)CC2=O)cc1. The Hall–Kier alpha value is -2.04. The molecule has 1 saturated heterocycles. The maximum atomic E-state index is 12.4. The highest BCUT2D eigenvalue weighted by Gasteiger charge is 2.30. The third-order valence-corrected chi connectivity index (χ3v) is 3.66. The van der Waals surface area contributed by atoms with Crippen molar-refractivity contribution in [1.82, 2.24) is 4.90 Å². The van der Waals surface area contributed by atoms with Crippen LogP contribution in [0.2, 0.25) is 0 Å². The van der Waals surface area contributed by atoms with Crippen molar-refractivity contribution in [2.75, 3.05) is 24.5 Å². The van der Waals surface area contributed by atoms with E-state index in [2.05, 4.69) is 19.1 Å². The van der Waals surface area contributed by atoms with Crippen LogP contribution >= 0.6 is 0 Å². The van der Waals surface area contributed by atoms with Crippen molar-refractivity contribution in [3.63, 3.8) is 0 Å². The minimum Gasteiger partial charge on any atom is -0.444 e. The van der Waals surface area contributed by atoms with E-state index >= 15 is 0 Å². The molecule has 0 radical (unpaired) electrons. The van der Waals surface area contributed by atoms with Crippen molar-refractivity contribution in [2.45, 2.75) is 46.1 Å². The fourth-order valence-corrected chi connectivity index (χ4v) is 2.56. The molecule has 5 heteroatoms. The highest BCUT2D eigenvalue weighted by molar-refractivity contribution is 5.97. The van der Waals surface area contributed by atoms with Crippen LogP contribution < -0.4 is 4.90 Å². The summed E-state index contributed by atoms with van der Waals surface area (Å²) >= 11 is 0. The molecule has 23 heavy (non-hydrogen) atoms. The van der Waals surface area contributed by atoms with Crippen molar-refractivity contribution in [3.05, 3.63) is 29.8 Å². The van der Waals surface area contributed by atoms with E-state index in [1.165, 1.54) is 10.5 Å². The fourth-order valence-electron chi connectivity index (χ4n) is 2.56. The van der Waals surface area contributed by atoms with E-state index in [1.54, 1.807) is 4.90 Å². The van der Waals surface area contributed by atoms with Gasteiger partial charge >= 0.3 is 6.09 Å². The Kier molecular flexibility index (Phi) is 5.29. The summed E-state index contributed by atoms with van der Waals surface area (Å²) in [6, 6.07) is 8.08. The standard InChI is InChI=1S/C18H26N2O3/c1-5-6-14-7-9-15(10-8-14)20-12-11-19(13-16(20)21)17(22)23-18(2,3)4/h7-10H,5-6,11-13H2,1-4H3. The van der Waals surface area contributed by atoms with Gasteiger partial charge in [0.25, 0.3) is 0 Å². The average Bonchev–Trinajstić information content (AvgIpc) is 2.47. The van der Waals surface area contributed by atoms with Gasteiger partial charge in [0, 0.05) is 18.8 Å². The van der Waals surface area contributed by atoms with E-state index in [0.29, 0.717) is 13.1 Å². The van der Waals surface area contributed by atoms with Crippen LogP contribution in [-0.2, 0) is 16.0 Å². The lowest BCUT2D eigenvalue weighted by Gasteiger charge is -2.35. The zero-order valence-electron chi connectivity index (χ0n) is 14.5. The molecule has 2 amide bonds. The second-order valence-electron chi connectivity index (χ2n) is 6.86. The lowest BCUT2D eigenvalue weighted by atomic mass is 10.1. The molecule has 1 aliphatic heterocycles. The van der Waals surface area contributed by atoms with Crippen LogP contribution in [0.3, 0.4) is 0 Å². The number of rotatable bonds is 3. The van der Waals surface area contributed by atoms with Gasteiger partial charge in [0.1, 0.15) is 12.1 Å². The number of aryl methyl sites for hydroxylation is 1. The summed E-state index contributed by atoms with van der Waals surface area (Å²) in [7, 11) is 0. The number of nitrogens with zero attached hydrogens (tertiary/aromatic N) is 2. The second kappa shape index (κ2) is 7.02. The third kappa shape index (κ3) is 4.71. The van der Waals surface area contributed by atoms with Crippen molar-refractivity contribution >= 4 is 17.7 Å². The molecule has 1 aromatic rings. The molecular formula is C18H26N2O3. The molecule has 1 heterocycles. The van der Waals surface area contributed by atoms with Crippen LogP contribution in [0.15, 0.2) is 24.3 Å². The van der Waals surface area contributed by atoms with Crippen LogP contribution in [0.25, 0.3) is 0 Å². The lowest BCUT2D eigenvalue weighted by molar-refractivity contribution is -0.121. The fraction of sp³-hybridized carbons (Fsp3) is 0.556. The molecule has 0 aliphatic carbocycles. The summed E-state index contributed by atoms with van der Waals surface area (Å²) in [4.78, 5) is 27.6. The minimum absolute atomic E-state index is 0.0611. The first kappa shape index (κ1) is 17.3. The molecule has 1 aliphatic rings. The minimum atomic E-state index is -0.549. The van der Waals surface area contributed by atoms with E-state index in [4.69, 9.17) is 4.74 Å². The average molecular weight is 318 g/mol. The Balaban J connectivity index is 1.98. The first-order valence-corrected chi connectivity index (χ1v) is 8.17. The van der Waals surface area contributed by atoms with Crippen LogP contribution in [0, 0.1) is 0 Å². The van der Waals surface area contributed by atoms with Crippen molar-refractivity contribution in [2.24, 2.45) is 0 Å². The van der Waals surface area contributed by atoms with E-state index in [-0.39, 0.29) is 12.5 Å². The molecule has 2 rings (SSSR count). The Morgan fingerprint density at radius 2 is 1.83 bits per heavy atom. The number of carbonyl (C=O) groups excluding carboxylic acids is 2. The molecule has 1 fully saturated rings.